The van der Waals surface area contributed by atoms with E-state index in [1.54, 1.807) is 23.7 Å². The molecule has 1 amide bonds. The fourth-order valence-corrected chi connectivity index (χ4v) is 6.77. The van der Waals surface area contributed by atoms with Crippen molar-refractivity contribution in [3.63, 3.8) is 0 Å². The second kappa shape index (κ2) is 8.02. The molecule has 162 valence electrons. The minimum Gasteiger partial charge on any atom is -0.396 e. The number of pyridine rings is 1. The van der Waals surface area contributed by atoms with E-state index < -0.39 is 11.5 Å². The molecule has 30 heavy (non-hydrogen) atoms. The van der Waals surface area contributed by atoms with Gasteiger partial charge in [0.1, 0.15) is 0 Å². The third-order valence-corrected chi connectivity index (χ3v) is 8.61. The van der Waals surface area contributed by atoms with Gasteiger partial charge >= 0.3 is 0 Å². The van der Waals surface area contributed by atoms with E-state index in [1.165, 1.54) is 4.88 Å². The third kappa shape index (κ3) is 3.57. The summed E-state index contributed by atoms with van der Waals surface area (Å²) in [5, 5.41) is 25.1. The van der Waals surface area contributed by atoms with Crippen molar-refractivity contribution >= 4 is 17.2 Å². The second-order valence-corrected chi connectivity index (χ2v) is 10.7. The van der Waals surface area contributed by atoms with Gasteiger partial charge in [-0.25, -0.2) is 4.98 Å². The van der Waals surface area contributed by atoms with Crippen LogP contribution in [0.3, 0.4) is 0 Å². The highest BCUT2D eigenvalue weighted by atomic mass is 32.1. The number of aryl methyl sites for hydroxylation is 1. The number of aliphatic hydroxyl groups is 2. The molecule has 7 heteroatoms. The van der Waals surface area contributed by atoms with Gasteiger partial charge in [0.2, 0.25) is 5.91 Å². The van der Waals surface area contributed by atoms with Crippen LogP contribution in [0.1, 0.15) is 60.2 Å². The van der Waals surface area contributed by atoms with Crippen molar-refractivity contribution < 1.29 is 15.0 Å². The fraction of sp³-hybridized carbons (Fsp3) is 0.609. The first-order valence-corrected chi connectivity index (χ1v) is 11.5. The second-order valence-electron chi connectivity index (χ2n) is 9.42. The van der Waals surface area contributed by atoms with Gasteiger partial charge in [-0.05, 0) is 49.1 Å². The summed E-state index contributed by atoms with van der Waals surface area (Å²) < 4.78 is 0. The molecule has 0 radical (unpaired) electrons. The van der Waals surface area contributed by atoms with E-state index in [4.69, 9.17) is 4.98 Å². The lowest BCUT2D eigenvalue weighted by Gasteiger charge is -2.58. The molecule has 6 nitrogen and oxygen atoms in total. The highest BCUT2D eigenvalue weighted by Gasteiger charge is 2.59. The van der Waals surface area contributed by atoms with E-state index in [1.807, 2.05) is 26.0 Å². The van der Waals surface area contributed by atoms with Crippen molar-refractivity contribution in [1.29, 1.82) is 0 Å². The Kier molecular flexibility index (Phi) is 5.72. The first-order chi connectivity index (χ1) is 14.3. The number of nitrogens with zero attached hydrogens (tertiary/aromatic N) is 2. The summed E-state index contributed by atoms with van der Waals surface area (Å²) in [4.78, 5) is 23.1. The highest BCUT2D eigenvalue weighted by Crippen LogP contribution is 2.62. The maximum absolute atomic E-state index is 13.0. The number of aromatic nitrogens is 2. The molecule has 3 N–H and O–H groups in total. The summed E-state index contributed by atoms with van der Waals surface area (Å²) >= 11 is 1.68. The molecule has 0 saturated heterocycles. The first-order valence-electron chi connectivity index (χ1n) is 10.7. The van der Waals surface area contributed by atoms with Gasteiger partial charge in [-0.2, -0.15) is 0 Å². The quantitative estimate of drug-likeness (QED) is 0.679. The van der Waals surface area contributed by atoms with Crippen LogP contribution in [0.4, 0.5) is 0 Å². The summed E-state index contributed by atoms with van der Waals surface area (Å²) in [6, 6.07) is 3.81. The van der Waals surface area contributed by atoms with Crippen molar-refractivity contribution in [1.82, 2.24) is 15.3 Å². The van der Waals surface area contributed by atoms with Crippen LogP contribution in [-0.4, -0.2) is 38.8 Å². The van der Waals surface area contributed by atoms with Crippen LogP contribution < -0.4 is 5.32 Å². The van der Waals surface area contributed by atoms with Crippen LogP contribution in [0.2, 0.25) is 0 Å². The lowest BCUT2D eigenvalue weighted by molar-refractivity contribution is -0.144. The molecule has 2 aromatic rings. The summed E-state index contributed by atoms with van der Waals surface area (Å²) in [5.41, 5.74) is 1.24. The van der Waals surface area contributed by atoms with Gasteiger partial charge in [0.15, 0.2) is 0 Å². The standard InChI is InChI=1S/C23H31N3O3S/c1-14-26-21-16(9-20(29)25-12-15-5-4-8-24-11-15)22(2)7-6-19(28)23(3,13-27)18(22)10-17(21)30-14/h4-5,8,11,16,18-19,27-28H,6-7,9-10,12-13H2,1-3H3,(H,25,29)/t16-,18+,19-,22+,23+/m1/s1. The lowest BCUT2D eigenvalue weighted by Crippen LogP contribution is -2.57. The predicted molar refractivity (Wildman–Crippen MR) is 116 cm³/mol. The summed E-state index contributed by atoms with van der Waals surface area (Å²) in [6.45, 7) is 6.64. The summed E-state index contributed by atoms with van der Waals surface area (Å²) in [6.07, 6.45) is 5.57. The molecule has 0 spiro atoms. The van der Waals surface area contributed by atoms with E-state index in [-0.39, 0.29) is 29.8 Å². The number of nitrogens with one attached hydrogen (secondary N) is 1. The molecular formula is C23H31N3O3S. The van der Waals surface area contributed by atoms with Crippen LogP contribution in [0.15, 0.2) is 24.5 Å². The summed E-state index contributed by atoms with van der Waals surface area (Å²) in [5.74, 6) is 0.0739. The average molecular weight is 430 g/mol. The molecule has 0 unspecified atom stereocenters. The van der Waals surface area contributed by atoms with Crippen LogP contribution in [0, 0.1) is 23.7 Å². The van der Waals surface area contributed by atoms with E-state index in [2.05, 4.69) is 17.2 Å². The Bertz CT molecular complexity index is 918. The lowest BCUT2D eigenvalue weighted by atomic mass is 9.47. The molecule has 2 heterocycles. The zero-order valence-corrected chi connectivity index (χ0v) is 18.7. The maximum Gasteiger partial charge on any atom is 0.220 e. The number of fused-ring (bicyclic) bond motifs is 2. The van der Waals surface area contributed by atoms with Crippen molar-refractivity contribution in [3.05, 3.63) is 45.7 Å². The van der Waals surface area contributed by atoms with Gasteiger partial charge in [0.25, 0.3) is 0 Å². The first kappa shape index (κ1) is 21.4. The molecule has 1 fully saturated rings. The molecule has 1 saturated carbocycles. The monoisotopic (exact) mass is 429 g/mol. The van der Waals surface area contributed by atoms with Crippen LogP contribution in [-0.2, 0) is 17.8 Å². The highest BCUT2D eigenvalue weighted by molar-refractivity contribution is 7.11. The van der Waals surface area contributed by atoms with E-state index in [0.717, 1.165) is 29.1 Å². The Morgan fingerprint density at radius 2 is 2.20 bits per heavy atom. The maximum atomic E-state index is 13.0. The molecule has 2 aliphatic carbocycles. The van der Waals surface area contributed by atoms with Crippen molar-refractivity contribution in [2.45, 2.75) is 65.0 Å². The molecule has 5 atom stereocenters. The minimum absolute atomic E-state index is 0.000783. The Morgan fingerprint density at radius 3 is 2.90 bits per heavy atom. The molecule has 0 bridgehead atoms. The molecular weight excluding hydrogens is 398 g/mol. The summed E-state index contributed by atoms with van der Waals surface area (Å²) in [7, 11) is 0. The van der Waals surface area contributed by atoms with Crippen molar-refractivity contribution in [3.8, 4) is 0 Å². The molecule has 0 aliphatic heterocycles. The van der Waals surface area contributed by atoms with Gasteiger partial charge in [-0.3, -0.25) is 9.78 Å². The fourth-order valence-electron chi connectivity index (χ4n) is 5.73. The number of aliphatic hydroxyl groups excluding tert-OH is 2. The van der Waals surface area contributed by atoms with Gasteiger partial charge < -0.3 is 15.5 Å². The van der Waals surface area contributed by atoms with Crippen LogP contribution >= 0.6 is 11.3 Å². The molecule has 2 aromatic heterocycles. The normalized spacial score (nSPS) is 32.9. The number of hydrogen-bond acceptors (Lipinski definition) is 6. The van der Waals surface area contributed by atoms with E-state index >= 15 is 0 Å². The Balaban J connectivity index is 1.62. The van der Waals surface area contributed by atoms with Crippen LogP contribution in [0.5, 0.6) is 0 Å². The number of carbonyl (C=O) groups is 1. The predicted octanol–water partition coefficient (Wildman–Crippen LogP) is 2.97. The Hall–Kier alpha value is -1.83. The average Bonchev–Trinajstić information content (AvgIpc) is 3.12. The van der Waals surface area contributed by atoms with E-state index in [9.17, 15) is 15.0 Å². The number of rotatable bonds is 5. The van der Waals surface area contributed by atoms with Gasteiger partial charge in [0.05, 0.1) is 23.4 Å². The smallest absolute Gasteiger partial charge is 0.220 e. The Labute approximate surface area is 181 Å². The van der Waals surface area contributed by atoms with E-state index in [0.29, 0.717) is 19.4 Å². The molecule has 2 aliphatic rings. The number of carbonyl (C=O) groups excluding carboxylic acids is 1. The third-order valence-electron chi connectivity index (χ3n) is 7.60. The SMILES string of the molecule is Cc1nc2c(s1)C[C@@H]1[C@](C)(CO)[C@H](O)CC[C@@]1(C)[C@@H]2CC(=O)NCc1cccnc1. The zero-order valence-electron chi connectivity index (χ0n) is 17.9. The van der Waals surface area contributed by atoms with Gasteiger partial charge in [0, 0.05) is 41.6 Å². The largest absolute Gasteiger partial charge is 0.396 e. The number of amides is 1. The zero-order chi connectivity index (χ0) is 21.5. The van der Waals surface area contributed by atoms with Gasteiger partial charge in [-0.15, -0.1) is 11.3 Å². The molecule has 4 rings (SSSR count). The Morgan fingerprint density at radius 1 is 1.40 bits per heavy atom. The topological polar surface area (TPSA) is 95.3 Å². The van der Waals surface area contributed by atoms with Crippen molar-refractivity contribution in [2.75, 3.05) is 6.61 Å². The van der Waals surface area contributed by atoms with Crippen molar-refractivity contribution in [2.24, 2.45) is 16.7 Å². The minimum atomic E-state index is -0.576. The van der Waals surface area contributed by atoms with Crippen LogP contribution in [0.25, 0.3) is 0 Å². The molecule has 0 aromatic carbocycles. The number of hydrogen-bond donors (Lipinski definition) is 3. The number of thiazole rings is 1. The van der Waals surface area contributed by atoms with Gasteiger partial charge in [-0.1, -0.05) is 19.9 Å².